The summed E-state index contributed by atoms with van der Waals surface area (Å²) in [6, 6.07) is 1.95. The first-order valence-corrected chi connectivity index (χ1v) is 5.63. The first kappa shape index (κ1) is 12.2. The van der Waals surface area contributed by atoms with Crippen LogP contribution in [0.15, 0.2) is 6.07 Å². The first-order valence-electron chi connectivity index (χ1n) is 5.09. The van der Waals surface area contributed by atoms with Gasteiger partial charge < -0.3 is 5.32 Å². The molecule has 0 amide bonds. The van der Waals surface area contributed by atoms with Crippen molar-refractivity contribution >= 4 is 17.4 Å². The number of anilines is 1. The van der Waals surface area contributed by atoms with Gasteiger partial charge in [0.2, 0.25) is 0 Å². The standard InChI is InChI=1S/C11H18ClN3/c1-8-7-10(14-9(2)13-8)15-11(3,4)5-6-12/h7H,5-6H2,1-4H3,(H,13,14,15). The Bertz CT molecular complexity index is 316. The molecule has 1 N–H and O–H groups in total. The number of alkyl halides is 1. The molecule has 0 saturated heterocycles. The fourth-order valence-electron chi connectivity index (χ4n) is 1.43. The molecule has 15 heavy (non-hydrogen) atoms. The minimum absolute atomic E-state index is 0.0328. The van der Waals surface area contributed by atoms with Crippen LogP contribution in [0.5, 0.6) is 0 Å². The molecule has 0 saturated carbocycles. The fraction of sp³-hybridized carbons (Fsp3) is 0.636. The van der Waals surface area contributed by atoms with Crippen LogP contribution < -0.4 is 5.32 Å². The van der Waals surface area contributed by atoms with Crippen LogP contribution in [0.3, 0.4) is 0 Å². The maximum Gasteiger partial charge on any atom is 0.130 e. The Kier molecular flexibility index (Phi) is 3.91. The minimum atomic E-state index is -0.0328. The highest BCUT2D eigenvalue weighted by atomic mass is 35.5. The molecule has 0 fully saturated rings. The van der Waals surface area contributed by atoms with E-state index in [0.29, 0.717) is 5.88 Å². The van der Waals surface area contributed by atoms with Crippen molar-refractivity contribution in [1.29, 1.82) is 0 Å². The van der Waals surface area contributed by atoms with Gasteiger partial charge in [0.25, 0.3) is 0 Å². The van der Waals surface area contributed by atoms with Crippen LogP contribution >= 0.6 is 11.6 Å². The van der Waals surface area contributed by atoms with E-state index >= 15 is 0 Å². The van der Waals surface area contributed by atoms with E-state index in [9.17, 15) is 0 Å². The normalized spacial score (nSPS) is 11.5. The zero-order valence-electron chi connectivity index (χ0n) is 9.76. The monoisotopic (exact) mass is 227 g/mol. The second-order valence-electron chi connectivity index (χ2n) is 4.39. The summed E-state index contributed by atoms with van der Waals surface area (Å²) in [6.07, 6.45) is 0.899. The Balaban J connectivity index is 2.80. The molecule has 0 spiro atoms. The molecular weight excluding hydrogens is 210 g/mol. The summed E-state index contributed by atoms with van der Waals surface area (Å²) in [5.41, 5.74) is 0.946. The second-order valence-corrected chi connectivity index (χ2v) is 4.77. The number of nitrogens with one attached hydrogen (secondary N) is 1. The molecule has 1 aromatic heterocycles. The zero-order chi connectivity index (χ0) is 11.5. The van der Waals surface area contributed by atoms with E-state index in [2.05, 4.69) is 29.1 Å². The number of aromatic nitrogens is 2. The summed E-state index contributed by atoms with van der Waals surface area (Å²) in [4.78, 5) is 8.57. The number of nitrogens with zero attached hydrogens (tertiary/aromatic N) is 2. The Morgan fingerprint density at radius 1 is 1.33 bits per heavy atom. The highest BCUT2D eigenvalue weighted by molar-refractivity contribution is 6.17. The highest BCUT2D eigenvalue weighted by Gasteiger charge is 2.17. The lowest BCUT2D eigenvalue weighted by Crippen LogP contribution is -2.31. The van der Waals surface area contributed by atoms with E-state index in [1.165, 1.54) is 0 Å². The predicted octanol–water partition coefficient (Wildman–Crippen LogP) is 2.91. The van der Waals surface area contributed by atoms with Crippen LogP contribution in [0.2, 0.25) is 0 Å². The molecule has 3 nitrogen and oxygen atoms in total. The lowest BCUT2D eigenvalue weighted by molar-refractivity contribution is 0.547. The van der Waals surface area contributed by atoms with Crippen LogP contribution in [0.25, 0.3) is 0 Å². The topological polar surface area (TPSA) is 37.8 Å². The van der Waals surface area contributed by atoms with Crippen molar-refractivity contribution in [3.8, 4) is 0 Å². The average Bonchev–Trinajstić information content (AvgIpc) is 1.99. The van der Waals surface area contributed by atoms with E-state index in [-0.39, 0.29) is 5.54 Å². The van der Waals surface area contributed by atoms with Crippen LogP contribution in [-0.4, -0.2) is 21.4 Å². The van der Waals surface area contributed by atoms with Crippen molar-refractivity contribution in [2.45, 2.75) is 39.7 Å². The van der Waals surface area contributed by atoms with E-state index < -0.39 is 0 Å². The van der Waals surface area contributed by atoms with E-state index in [1.54, 1.807) is 0 Å². The van der Waals surface area contributed by atoms with Gasteiger partial charge in [-0.15, -0.1) is 11.6 Å². The van der Waals surface area contributed by atoms with Gasteiger partial charge in [-0.2, -0.15) is 0 Å². The van der Waals surface area contributed by atoms with E-state index in [4.69, 9.17) is 11.6 Å². The van der Waals surface area contributed by atoms with Crippen molar-refractivity contribution in [2.75, 3.05) is 11.2 Å². The summed E-state index contributed by atoms with van der Waals surface area (Å²) in [5, 5.41) is 3.37. The van der Waals surface area contributed by atoms with Crippen molar-refractivity contribution in [2.24, 2.45) is 0 Å². The van der Waals surface area contributed by atoms with Gasteiger partial charge in [-0.05, 0) is 34.1 Å². The van der Waals surface area contributed by atoms with Gasteiger partial charge in [0.1, 0.15) is 11.6 Å². The van der Waals surface area contributed by atoms with Gasteiger partial charge in [-0.3, -0.25) is 0 Å². The van der Waals surface area contributed by atoms with Crippen LogP contribution in [0.4, 0.5) is 5.82 Å². The van der Waals surface area contributed by atoms with Gasteiger partial charge in [0.05, 0.1) is 0 Å². The molecule has 0 aliphatic rings. The number of hydrogen-bond acceptors (Lipinski definition) is 3. The third kappa shape index (κ3) is 4.04. The highest BCUT2D eigenvalue weighted by Crippen LogP contribution is 2.17. The number of hydrogen-bond donors (Lipinski definition) is 1. The van der Waals surface area contributed by atoms with Crippen molar-refractivity contribution in [3.63, 3.8) is 0 Å². The van der Waals surface area contributed by atoms with Crippen molar-refractivity contribution < 1.29 is 0 Å². The Hall–Kier alpha value is -0.830. The largest absolute Gasteiger partial charge is 0.365 e. The molecular formula is C11H18ClN3. The Morgan fingerprint density at radius 2 is 2.00 bits per heavy atom. The molecule has 1 heterocycles. The van der Waals surface area contributed by atoms with Crippen LogP contribution in [0.1, 0.15) is 31.8 Å². The summed E-state index contributed by atoms with van der Waals surface area (Å²) in [5.74, 6) is 2.30. The van der Waals surface area contributed by atoms with Gasteiger partial charge >= 0.3 is 0 Å². The Morgan fingerprint density at radius 3 is 2.53 bits per heavy atom. The maximum atomic E-state index is 5.74. The molecule has 1 rings (SSSR count). The molecule has 0 aliphatic heterocycles. The lowest BCUT2D eigenvalue weighted by atomic mass is 10.0. The van der Waals surface area contributed by atoms with Crippen molar-refractivity contribution in [1.82, 2.24) is 9.97 Å². The van der Waals surface area contributed by atoms with Gasteiger partial charge in [-0.25, -0.2) is 9.97 Å². The molecule has 0 unspecified atom stereocenters. The zero-order valence-corrected chi connectivity index (χ0v) is 10.5. The third-order valence-corrected chi connectivity index (χ3v) is 2.34. The predicted molar refractivity (Wildman–Crippen MR) is 64.5 cm³/mol. The number of aryl methyl sites for hydroxylation is 2. The molecule has 84 valence electrons. The summed E-state index contributed by atoms with van der Waals surface area (Å²) >= 11 is 5.74. The maximum absolute atomic E-state index is 5.74. The summed E-state index contributed by atoms with van der Waals surface area (Å²) in [6.45, 7) is 8.09. The van der Waals surface area contributed by atoms with Crippen LogP contribution in [0, 0.1) is 13.8 Å². The van der Waals surface area contributed by atoms with Gasteiger partial charge in [0.15, 0.2) is 0 Å². The summed E-state index contributed by atoms with van der Waals surface area (Å²) < 4.78 is 0. The van der Waals surface area contributed by atoms with Gasteiger partial charge in [-0.1, -0.05) is 0 Å². The smallest absolute Gasteiger partial charge is 0.130 e. The van der Waals surface area contributed by atoms with Crippen LogP contribution in [-0.2, 0) is 0 Å². The first-order chi connectivity index (χ1) is 6.93. The van der Waals surface area contributed by atoms with Crippen molar-refractivity contribution in [3.05, 3.63) is 17.6 Å². The van der Waals surface area contributed by atoms with E-state index in [1.807, 2.05) is 19.9 Å². The number of rotatable bonds is 4. The molecule has 0 bridgehead atoms. The summed E-state index contributed by atoms with van der Waals surface area (Å²) in [7, 11) is 0. The average molecular weight is 228 g/mol. The number of halogens is 1. The van der Waals surface area contributed by atoms with Gasteiger partial charge in [0, 0.05) is 23.2 Å². The molecule has 4 heteroatoms. The Labute approximate surface area is 96.3 Å². The molecule has 0 aliphatic carbocycles. The third-order valence-electron chi connectivity index (χ3n) is 2.15. The molecule has 1 aromatic rings. The second kappa shape index (κ2) is 4.79. The van der Waals surface area contributed by atoms with E-state index in [0.717, 1.165) is 23.8 Å². The fourth-order valence-corrected chi connectivity index (χ4v) is 1.90. The molecule has 0 radical (unpaired) electrons. The molecule has 0 atom stereocenters. The minimum Gasteiger partial charge on any atom is -0.365 e. The SMILES string of the molecule is Cc1cc(NC(C)(C)CCCl)nc(C)n1. The lowest BCUT2D eigenvalue weighted by Gasteiger charge is -2.26. The quantitative estimate of drug-likeness (QED) is 0.804. The molecule has 0 aromatic carbocycles.